The molecular weight excluding hydrogens is 188 g/mol. The van der Waals surface area contributed by atoms with Crippen LogP contribution in [0.1, 0.15) is 0 Å². The molecule has 0 aromatic heterocycles. The molecule has 3 N–H and O–H groups in total. The van der Waals surface area contributed by atoms with Crippen molar-refractivity contribution in [1.82, 2.24) is 4.90 Å². The zero-order chi connectivity index (χ0) is 10.8. The summed E-state index contributed by atoms with van der Waals surface area (Å²) in [6.45, 7) is 0.508. The summed E-state index contributed by atoms with van der Waals surface area (Å²) in [7, 11) is 1.70. The summed E-state index contributed by atoms with van der Waals surface area (Å²) >= 11 is 0. The van der Waals surface area contributed by atoms with Gasteiger partial charge >= 0.3 is 0 Å². The van der Waals surface area contributed by atoms with Gasteiger partial charge < -0.3 is 20.5 Å². The normalized spacial score (nSPS) is 12.0. The van der Waals surface area contributed by atoms with Crippen molar-refractivity contribution in [2.45, 2.75) is 0 Å². The minimum absolute atomic E-state index is 0.0281. The van der Waals surface area contributed by atoms with E-state index in [-0.39, 0.29) is 25.9 Å². The zero-order valence-electron chi connectivity index (χ0n) is 7.96. The van der Waals surface area contributed by atoms with Crippen LogP contribution in [0.5, 0.6) is 0 Å². The van der Waals surface area contributed by atoms with E-state index in [4.69, 9.17) is 15.6 Å². The first-order chi connectivity index (χ1) is 6.70. The van der Waals surface area contributed by atoms with Crippen LogP contribution in [0.4, 0.5) is 0 Å². The van der Waals surface area contributed by atoms with Crippen molar-refractivity contribution in [3.63, 3.8) is 0 Å². The average molecular weight is 202 g/mol. The SMILES string of the molecule is CN(/C=N\C(N)=N/C=O)COCCO. The van der Waals surface area contributed by atoms with Crippen LogP contribution in [0.3, 0.4) is 0 Å². The smallest absolute Gasteiger partial charge is 0.236 e. The summed E-state index contributed by atoms with van der Waals surface area (Å²) < 4.78 is 4.97. The molecule has 0 saturated heterocycles. The Bertz CT molecular complexity index is 217. The number of nitrogens with zero attached hydrogens (tertiary/aromatic N) is 3. The Morgan fingerprint density at radius 1 is 1.71 bits per heavy atom. The number of carbonyl (C=O) groups excluding carboxylic acids is 1. The molecule has 1 amide bonds. The Balaban J connectivity index is 3.75. The minimum Gasteiger partial charge on any atom is -0.394 e. The molecule has 0 aromatic rings. The van der Waals surface area contributed by atoms with Gasteiger partial charge in [0, 0.05) is 7.05 Å². The number of nitrogens with two attached hydrogens (primary N) is 1. The van der Waals surface area contributed by atoms with E-state index in [1.54, 1.807) is 11.9 Å². The Morgan fingerprint density at radius 2 is 2.43 bits per heavy atom. The molecule has 0 aliphatic heterocycles. The lowest BCUT2D eigenvalue weighted by Crippen LogP contribution is -2.22. The molecule has 0 spiro atoms. The first-order valence-corrected chi connectivity index (χ1v) is 3.90. The number of aliphatic hydroxyl groups is 1. The second kappa shape index (κ2) is 8.14. The quantitative estimate of drug-likeness (QED) is 0.177. The van der Waals surface area contributed by atoms with Gasteiger partial charge in [-0.1, -0.05) is 0 Å². The van der Waals surface area contributed by atoms with E-state index < -0.39 is 0 Å². The van der Waals surface area contributed by atoms with E-state index in [9.17, 15) is 4.79 Å². The fourth-order valence-electron chi connectivity index (χ4n) is 0.551. The number of aliphatic hydroxyl groups excluding tert-OH is 1. The van der Waals surface area contributed by atoms with Crippen LogP contribution in [0, 0.1) is 0 Å². The van der Waals surface area contributed by atoms with Crippen molar-refractivity contribution in [2.24, 2.45) is 15.7 Å². The van der Waals surface area contributed by atoms with Gasteiger partial charge in [-0.2, -0.15) is 4.99 Å². The van der Waals surface area contributed by atoms with Crippen molar-refractivity contribution in [3.05, 3.63) is 0 Å². The van der Waals surface area contributed by atoms with Gasteiger partial charge in [-0.05, 0) is 0 Å². The van der Waals surface area contributed by atoms with E-state index in [2.05, 4.69) is 9.98 Å². The molecule has 0 aliphatic rings. The van der Waals surface area contributed by atoms with Gasteiger partial charge in [-0.3, -0.25) is 4.79 Å². The first-order valence-electron chi connectivity index (χ1n) is 3.90. The molecule has 14 heavy (non-hydrogen) atoms. The van der Waals surface area contributed by atoms with Crippen LogP contribution < -0.4 is 5.73 Å². The lowest BCUT2D eigenvalue weighted by molar-refractivity contribution is -0.106. The molecular formula is C7H14N4O3. The second-order valence-electron chi connectivity index (χ2n) is 2.36. The molecule has 0 saturated carbocycles. The molecule has 0 bridgehead atoms. The van der Waals surface area contributed by atoms with Gasteiger partial charge in [0.2, 0.25) is 12.4 Å². The topological polar surface area (TPSA) is 101 Å². The standard InChI is InChI=1S/C7H14N4O3/c1-11(6-14-3-2-12)4-9-7(8)10-5-13/h4-5,12H,2-3,6H2,1H3,(H2,8,10,13)/b9-4-. The number of hydrogen-bond donors (Lipinski definition) is 2. The minimum atomic E-state index is -0.117. The third-order valence-corrected chi connectivity index (χ3v) is 1.10. The van der Waals surface area contributed by atoms with Crippen LogP contribution in [0.2, 0.25) is 0 Å². The van der Waals surface area contributed by atoms with Gasteiger partial charge in [0.25, 0.3) is 0 Å². The summed E-state index contributed by atoms with van der Waals surface area (Å²) in [5, 5.41) is 8.41. The molecule has 7 heteroatoms. The Labute approximate surface area is 81.9 Å². The lowest BCUT2D eigenvalue weighted by atomic mass is 10.8. The summed E-state index contributed by atoms with van der Waals surface area (Å²) in [6, 6.07) is 0. The number of hydrogen-bond acceptors (Lipinski definition) is 3. The van der Waals surface area contributed by atoms with Crippen molar-refractivity contribution in [2.75, 3.05) is 27.0 Å². The Hall–Kier alpha value is -1.47. The predicted octanol–water partition coefficient (Wildman–Crippen LogP) is -1.62. The predicted molar refractivity (Wildman–Crippen MR) is 51.8 cm³/mol. The van der Waals surface area contributed by atoms with Crippen molar-refractivity contribution >= 4 is 18.7 Å². The summed E-state index contributed by atoms with van der Waals surface area (Å²) in [5.41, 5.74) is 5.20. The molecule has 0 radical (unpaired) electrons. The number of aliphatic imine (C=N–C) groups is 2. The largest absolute Gasteiger partial charge is 0.394 e. The van der Waals surface area contributed by atoms with Crippen LogP contribution in [-0.4, -0.2) is 55.7 Å². The molecule has 7 nitrogen and oxygen atoms in total. The number of guanidine groups is 1. The van der Waals surface area contributed by atoms with Crippen molar-refractivity contribution < 1.29 is 14.6 Å². The van der Waals surface area contributed by atoms with Crippen LogP contribution >= 0.6 is 0 Å². The lowest BCUT2D eigenvalue weighted by Gasteiger charge is -2.11. The van der Waals surface area contributed by atoms with Gasteiger partial charge in [-0.15, -0.1) is 0 Å². The van der Waals surface area contributed by atoms with Crippen molar-refractivity contribution in [1.29, 1.82) is 0 Å². The number of amides is 1. The van der Waals surface area contributed by atoms with E-state index in [1.165, 1.54) is 6.34 Å². The van der Waals surface area contributed by atoms with Crippen LogP contribution in [-0.2, 0) is 9.53 Å². The zero-order valence-corrected chi connectivity index (χ0v) is 7.96. The van der Waals surface area contributed by atoms with E-state index in [0.717, 1.165) is 0 Å². The molecule has 0 heterocycles. The van der Waals surface area contributed by atoms with Crippen molar-refractivity contribution in [3.8, 4) is 0 Å². The molecule has 0 rings (SSSR count). The number of ether oxygens (including phenoxy) is 1. The molecule has 0 aromatic carbocycles. The highest BCUT2D eigenvalue weighted by Crippen LogP contribution is 1.80. The highest BCUT2D eigenvalue weighted by Gasteiger charge is 1.91. The fraction of sp³-hybridized carbons (Fsp3) is 0.571. The highest BCUT2D eigenvalue weighted by molar-refractivity contribution is 5.89. The summed E-state index contributed by atoms with van der Waals surface area (Å²) in [4.78, 5) is 18.3. The number of carbonyl (C=O) groups is 1. The fourth-order valence-corrected chi connectivity index (χ4v) is 0.551. The monoisotopic (exact) mass is 202 g/mol. The molecule has 0 fully saturated rings. The molecule has 0 unspecified atom stereocenters. The maximum Gasteiger partial charge on any atom is 0.236 e. The maximum atomic E-state index is 9.86. The molecule has 0 atom stereocenters. The molecule has 0 aliphatic carbocycles. The average Bonchev–Trinajstić information content (AvgIpc) is 2.16. The second-order valence-corrected chi connectivity index (χ2v) is 2.36. The first kappa shape index (κ1) is 12.5. The van der Waals surface area contributed by atoms with E-state index >= 15 is 0 Å². The Kier molecular flexibility index (Phi) is 7.29. The summed E-state index contributed by atoms with van der Waals surface area (Å²) in [6.07, 6.45) is 1.69. The third-order valence-electron chi connectivity index (χ3n) is 1.10. The van der Waals surface area contributed by atoms with E-state index in [0.29, 0.717) is 6.41 Å². The highest BCUT2D eigenvalue weighted by atomic mass is 16.5. The van der Waals surface area contributed by atoms with Gasteiger partial charge in [0.05, 0.1) is 19.6 Å². The third kappa shape index (κ3) is 7.19. The Morgan fingerprint density at radius 3 is 3.00 bits per heavy atom. The van der Waals surface area contributed by atoms with E-state index in [1.807, 2.05) is 0 Å². The van der Waals surface area contributed by atoms with Gasteiger partial charge in [0.1, 0.15) is 6.73 Å². The number of rotatable bonds is 6. The van der Waals surface area contributed by atoms with Crippen LogP contribution in [0.15, 0.2) is 9.98 Å². The maximum absolute atomic E-state index is 9.86. The summed E-state index contributed by atoms with van der Waals surface area (Å²) in [5.74, 6) is -0.117. The van der Waals surface area contributed by atoms with Gasteiger partial charge in [-0.25, -0.2) is 4.99 Å². The van der Waals surface area contributed by atoms with Crippen LogP contribution in [0.25, 0.3) is 0 Å². The van der Waals surface area contributed by atoms with Gasteiger partial charge in [0.15, 0.2) is 0 Å². The molecule has 80 valence electrons.